The van der Waals surface area contributed by atoms with Crippen LogP contribution in [-0.4, -0.2) is 68.1 Å². The van der Waals surface area contributed by atoms with Crippen LogP contribution in [0, 0.1) is 17.8 Å². The molecule has 2 bridgehead atoms. The molecule has 3 N–H and O–H groups in total. The predicted octanol–water partition coefficient (Wildman–Crippen LogP) is 1.77. The third kappa shape index (κ3) is 6.12. The maximum absolute atomic E-state index is 12.6. The third-order valence-electron chi connectivity index (χ3n) is 6.28. The molecule has 5 nitrogen and oxygen atoms in total. The topological polar surface area (TPSA) is 61.6 Å². The summed E-state index contributed by atoms with van der Waals surface area (Å²) in [5.74, 6) is 1.62. The van der Waals surface area contributed by atoms with Crippen molar-refractivity contribution in [3.63, 3.8) is 0 Å². The minimum atomic E-state index is 0. The zero-order chi connectivity index (χ0) is 15.7. The van der Waals surface area contributed by atoms with Crippen molar-refractivity contribution in [2.75, 3.05) is 40.3 Å². The fourth-order valence-corrected chi connectivity index (χ4v) is 4.69. The highest BCUT2D eigenvalue weighted by atomic mass is 35.5. The normalized spacial score (nSPS) is 35.6. The number of likely N-dealkylation sites (N-methyl/N-ethyl adjacent to an activating group) is 2. The van der Waals surface area contributed by atoms with E-state index in [1.165, 1.54) is 19.3 Å². The maximum atomic E-state index is 12.6. The van der Waals surface area contributed by atoms with E-state index in [-0.39, 0.29) is 49.0 Å². The first-order valence-electron chi connectivity index (χ1n) is 8.96. The number of amides is 1. The molecule has 150 valence electrons. The zero-order valence-electron chi connectivity index (χ0n) is 15.4. The molecular weight excluding hydrogens is 383 g/mol. The molecular formula is C17H35Cl3N4O. The lowest BCUT2D eigenvalue weighted by atomic mass is 9.65. The Hall–Kier alpha value is 0.220. The first-order valence-corrected chi connectivity index (χ1v) is 8.96. The molecule has 1 amide bonds. The average Bonchev–Trinajstić information content (AvgIpc) is 2.47. The molecule has 3 rings (SSSR count). The predicted molar refractivity (Wildman–Crippen MR) is 110 cm³/mol. The summed E-state index contributed by atoms with van der Waals surface area (Å²) in [6, 6.07) is 0.781. The quantitative estimate of drug-likeness (QED) is 0.734. The molecule has 1 saturated heterocycles. The molecule has 0 radical (unpaired) electrons. The number of carbonyl (C=O) groups excluding carboxylic acids is 1. The summed E-state index contributed by atoms with van der Waals surface area (Å²) in [5, 5.41) is 3.23. The second-order valence-corrected chi connectivity index (χ2v) is 7.84. The molecule has 0 aromatic heterocycles. The van der Waals surface area contributed by atoms with Crippen molar-refractivity contribution in [3.8, 4) is 0 Å². The molecule has 1 aliphatic heterocycles. The number of halogens is 3. The van der Waals surface area contributed by atoms with Crippen LogP contribution < -0.4 is 11.1 Å². The number of nitrogens with zero attached hydrogens (tertiary/aromatic N) is 2. The first-order chi connectivity index (χ1) is 10.5. The van der Waals surface area contributed by atoms with E-state index in [0.717, 1.165) is 39.0 Å². The Kier molecular flexibility index (Phi) is 11.2. The zero-order valence-corrected chi connectivity index (χ0v) is 17.8. The van der Waals surface area contributed by atoms with Crippen LogP contribution in [0.4, 0.5) is 0 Å². The van der Waals surface area contributed by atoms with E-state index in [1.54, 1.807) is 0 Å². The Morgan fingerprint density at radius 1 is 1.08 bits per heavy atom. The number of rotatable bonds is 3. The van der Waals surface area contributed by atoms with Gasteiger partial charge in [-0.3, -0.25) is 9.69 Å². The van der Waals surface area contributed by atoms with Crippen LogP contribution in [0.1, 0.15) is 32.1 Å². The lowest BCUT2D eigenvalue weighted by molar-refractivity contribution is -0.128. The van der Waals surface area contributed by atoms with Crippen molar-refractivity contribution < 1.29 is 4.79 Å². The molecule has 3 aliphatic rings. The lowest BCUT2D eigenvalue weighted by Gasteiger charge is -2.43. The van der Waals surface area contributed by atoms with E-state index in [4.69, 9.17) is 5.73 Å². The minimum absolute atomic E-state index is 0. The molecule has 2 aliphatic carbocycles. The van der Waals surface area contributed by atoms with Crippen LogP contribution in [0.25, 0.3) is 0 Å². The summed E-state index contributed by atoms with van der Waals surface area (Å²) >= 11 is 0. The highest BCUT2D eigenvalue weighted by Crippen LogP contribution is 2.41. The van der Waals surface area contributed by atoms with Gasteiger partial charge < -0.3 is 16.0 Å². The molecule has 25 heavy (non-hydrogen) atoms. The Bertz CT molecular complexity index is 401. The van der Waals surface area contributed by atoms with Crippen LogP contribution in [0.2, 0.25) is 0 Å². The van der Waals surface area contributed by atoms with Gasteiger partial charge in [-0.1, -0.05) is 6.42 Å². The second kappa shape index (κ2) is 11.2. The summed E-state index contributed by atoms with van der Waals surface area (Å²) < 4.78 is 0. The van der Waals surface area contributed by atoms with Gasteiger partial charge in [0.15, 0.2) is 0 Å². The van der Waals surface area contributed by atoms with Crippen molar-refractivity contribution in [1.29, 1.82) is 0 Å². The summed E-state index contributed by atoms with van der Waals surface area (Å²) in [4.78, 5) is 17.3. The van der Waals surface area contributed by atoms with Crippen LogP contribution in [-0.2, 0) is 4.79 Å². The molecule has 2 saturated carbocycles. The van der Waals surface area contributed by atoms with Gasteiger partial charge in [-0.25, -0.2) is 0 Å². The van der Waals surface area contributed by atoms with E-state index >= 15 is 0 Å². The fourth-order valence-electron chi connectivity index (χ4n) is 4.69. The van der Waals surface area contributed by atoms with Crippen molar-refractivity contribution in [2.24, 2.45) is 23.5 Å². The molecule has 3 atom stereocenters. The summed E-state index contributed by atoms with van der Waals surface area (Å²) in [6.45, 7) is 4.01. The monoisotopic (exact) mass is 416 g/mol. The number of hydrogen-bond acceptors (Lipinski definition) is 4. The second-order valence-electron chi connectivity index (χ2n) is 7.84. The number of carbonyl (C=O) groups is 1. The minimum Gasteiger partial charge on any atom is -0.354 e. The molecule has 0 spiro atoms. The summed E-state index contributed by atoms with van der Waals surface area (Å²) in [7, 11) is 4.32. The Morgan fingerprint density at radius 3 is 2.28 bits per heavy atom. The average molecular weight is 418 g/mol. The van der Waals surface area contributed by atoms with Crippen LogP contribution in [0.5, 0.6) is 0 Å². The maximum Gasteiger partial charge on any atom is 0.223 e. The van der Waals surface area contributed by atoms with Crippen molar-refractivity contribution >= 4 is 43.1 Å². The van der Waals surface area contributed by atoms with E-state index in [9.17, 15) is 4.79 Å². The molecule has 0 aromatic carbocycles. The third-order valence-corrected chi connectivity index (χ3v) is 6.28. The van der Waals surface area contributed by atoms with E-state index < -0.39 is 0 Å². The lowest BCUT2D eigenvalue weighted by Crippen LogP contribution is -2.55. The number of fused-ring (bicyclic) bond motifs is 2. The number of piperazine rings is 1. The largest absolute Gasteiger partial charge is 0.354 e. The van der Waals surface area contributed by atoms with E-state index in [2.05, 4.69) is 29.2 Å². The van der Waals surface area contributed by atoms with Gasteiger partial charge in [-0.2, -0.15) is 0 Å². The van der Waals surface area contributed by atoms with E-state index in [1.807, 2.05) is 0 Å². The fraction of sp³-hybridized carbons (Fsp3) is 0.941. The van der Waals surface area contributed by atoms with Crippen molar-refractivity contribution in [1.82, 2.24) is 15.1 Å². The Balaban J connectivity index is 0.00000192. The van der Waals surface area contributed by atoms with Crippen molar-refractivity contribution in [2.45, 2.75) is 44.2 Å². The highest BCUT2D eigenvalue weighted by molar-refractivity contribution is 5.86. The van der Waals surface area contributed by atoms with Gasteiger partial charge in [0.25, 0.3) is 0 Å². The molecule has 3 fully saturated rings. The van der Waals surface area contributed by atoms with Crippen molar-refractivity contribution in [3.05, 3.63) is 0 Å². The van der Waals surface area contributed by atoms with Gasteiger partial charge in [0.2, 0.25) is 5.91 Å². The standard InChI is InChI=1S/C17H32N4O.3ClH/c1-20-6-7-21(2)15(11-20)10-19-17(22)14-8-12-4-3-5-13(9-14)16(12)18;;;/h12-16H,3-11,18H2,1-2H3,(H,19,22);3*1H. The van der Waals surface area contributed by atoms with Crippen LogP contribution in [0.15, 0.2) is 0 Å². The highest BCUT2D eigenvalue weighted by Gasteiger charge is 2.40. The van der Waals surface area contributed by atoms with Gasteiger partial charge in [-0.05, 0) is 51.6 Å². The number of nitrogens with one attached hydrogen (secondary N) is 1. The van der Waals surface area contributed by atoms with Gasteiger partial charge >= 0.3 is 0 Å². The van der Waals surface area contributed by atoms with Gasteiger partial charge in [-0.15, -0.1) is 37.2 Å². The molecule has 1 heterocycles. The molecule has 8 heteroatoms. The van der Waals surface area contributed by atoms with Gasteiger partial charge in [0, 0.05) is 44.2 Å². The molecule has 0 aromatic rings. The number of nitrogens with two attached hydrogens (primary N) is 1. The van der Waals surface area contributed by atoms with Crippen LogP contribution in [0.3, 0.4) is 0 Å². The van der Waals surface area contributed by atoms with Gasteiger partial charge in [0.1, 0.15) is 0 Å². The first kappa shape index (κ1) is 25.2. The molecule has 3 unspecified atom stereocenters. The van der Waals surface area contributed by atoms with E-state index in [0.29, 0.717) is 23.9 Å². The SMILES string of the molecule is CN1CCN(C)C(CNC(=O)C2CC3CCCC(C2)C3N)C1.Cl.Cl.Cl. The number of hydrogen-bond donors (Lipinski definition) is 2. The summed E-state index contributed by atoms with van der Waals surface area (Å²) in [5.41, 5.74) is 6.33. The van der Waals surface area contributed by atoms with Gasteiger partial charge in [0.05, 0.1) is 0 Å². The van der Waals surface area contributed by atoms with Crippen LogP contribution >= 0.6 is 37.2 Å². The summed E-state index contributed by atoms with van der Waals surface area (Å²) in [6.07, 6.45) is 5.75. The Labute approximate surface area is 171 Å². The Morgan fingerprint density at radius 2 is 1.68 bits per heavy atom. The smallest absolute Gasteiger partial charge is 0.223 e.